The summed E-state index contributed by atoms with van der Waals surface area (Å²) in [5.74, 6) is -0.839. The van der Waals surface area contributed by atoms with E-state index in [0.29, 0.717) is 19.8 Å². The number of hydrogen-bond acceptors (Lipinski definition) is 4. The smallest absolute Gasteiger partial charge is 0.347 e. The van der Waals surface area contributed by atoms with E-state index in [4.69, 9.17) is 9.84 Å². The Morgan fingerprint density at radius 2 is 2.29 bits per heavy atom. The van der Waals surface area contributed by atoms with Crippen molar-refractivity contribution < 1.29 is 14.6 Å². The number of carboxylic acids is 1. The second-order valence-electron chi connectivity index (χ2n) is 3.11. The van der Waals surface area contributed by atoms with Crippen LogP contribution in [0.3, 0.4) is 0 Å². The summed E-state index contributed by atoms with van der Waals surface area (Å²) in [6, 6.07) is 0. The van der Waals surface area contributed by atoms with Crippen molar-refractivity contribution in [3.05, 3.63) is 12.4 Å². The van der Waals surface area contributed by atoms with E-state index in [0.717, 1.165) is 0 Å². The van der Waals surface area contributed by atoms with Gasteiger partial charge in [0, 0.05) is 32.6 Å². The van der Waals surface area contributed by atoms with Gasteiger partial charge in [0.05, 0.1) is 6.61 Å². The molecule has 1 heterocycles. The maximum absolute atomic E-state index is 10.9. The number of carboxylic acid groups (broad SMARTS) is 1. The van der Waals surface area contributed by atoms with Crippen molar-refractivity contribution in [1.29, 1.82) is 0 Å². The summed E-state index contributed by atoms with van der Waals surface area (Å²) in [5, 5.41) is 8.95. The van der Waals surface area contributed by atoms with E-state index < -0.39 is 12.1 Å². The fourth-order valence-electron chi connectivity index (χ4n) is 1.41. The molecule has 0 amide bonds. The maximum atomic E-state index is 10.9. The molecule has 14 heavy (non-hydrogen) atoms. The maximum Gasteiger partial charge on any atom is 0.347 e. The Labute approximate surface area is 83.6 Å². The van der Waals surface area contributed by atoms with Crippen LogP contribution in [0.2, 0.25) is 0 Å². The van der Waals surface area contributed by atoms with Gasteiger partial charge in [-0.2, -0.15) is 0 Å². The molecule has 5 nitrogen and oxygen atoms in total. The second-order valence-corrected chi connectivity index (χ2v) is 3.11. The van der Waals surface area contributed by atoms with Crippen molar-refractivity contribution in [2.24, 2.45) is 0 Å². The van der Waals surface area contributed by atoms with Gasteiger partial charge < -0.3 is 19.6 Å². The van der Waals surface area contributed by atoms with Gasteiger partial charge in [0.2, 0.25) is 6.17 Å². The molecule has 0 fully saturated rings. The van der Waals surface area contributed by atoms with Crippen molar-refractivity contribution in [2.45, 2.75) is 13.1 Å². The number of ether oxygens (including phenoxy) is 1. The fraction of sp³-hybridized carbons (Fsp3) is 0.667. The predicted octanol–water partition coefficient (Wildman–Crippen LogP) is 0.152. The van der Waals surface area contributed by atoms with E-state index in [2.05, 4.69) is 0 Å². The first-order valence-corrected chi connectivity index (χ1v) is 4.63. The minimum Gasteiger partial charge on any atom is -0.478 e. The lowest BCUT2D eigenvalue weighted by Crippen LogP contribution is -2.44. The zero-order valence-corrected chi connectivity index (χ0v) is 8.51. The van der Waals surface area contributed by atoms with Gasteiger partial charge in [-0.1, -0.05) is 0 Å². The normalized spacial score (nSPS) is 20.6. The molecule has 1 unspecified atom stereocenters. The standard InChI is InChI=1S/C9H16N2O3/c1-3-14-7-6-11-5-4-10(2)8(11)9(12)13/h4-5,8H,3,6-7H2,1-2H3,(H,12,13). The highest BCUT2D eigenvalue weighted by atomic mass is 16.5. The van der Waals surface area contributed by atoms with Crippen LogP contribution >= 0.6 is 0 Å². The third kappa shape index (κ3) is 2.38. The fourth-order valence-corrected chi connectivity index (χ4v) is 1.41. The third-order valence-corrected chi connectivity index (χ3v) is 2.11. The van der Waals surface area contributed by atoms with E-state index >= 15 is 0 Å². The Bertz CT molecular complexity index is 230. The average molecular weight is 200 g/mol. The third-order valence-electron chi connectivity index (χ3n) is 2.11. The molecule has 0 aromatic carbocycles. The molecule has 0 bridgehead atoms. The van der Waals surface area contributed by atoms with Crippen LogP contribution < -0.4 is 0 Å². The van der Waals surface area contributed by atoms with Crippen LogP contribution in [-0.4, -0.2) is 53.8 Å². The van der Waals surface area contributed by atoms with Crippen molar-refractivity contribution >= 4 is 5.97 Å². The largest absolute Gasteiger partial charge is 0.478 e. The lowest BCUT2D eigenvalue weighted by atomic mass is 10.4. The quantitative estimate of drug-likeness (QED) is 0.640. The molecular weight excluding hydrogens is 184 g/mol. The summed E-state index contributed by atoms with van der Waals surface area (Å²) >= 11 is 0. The minimum atomic E-state index is -0.839. The highest BCUT2D eigenvalue weighted by molar-refractivity contribution is 5.73. The summed E-state index contributed by atoms with van der Waals surface area (Å²) in [7, 11) is 1.75. The number of hydrogen-bond donors (Lipinski definition) is 1. The molecule has 1 rings (SSSR count). The molecule has 0 aromatic heterocycles. The Hall–Kier alpha value is -1.23. The van der Waals surface area contributed by atoms with Crippen LogP contribution in [0.4, 0.5) is 0 Å². The van der Waals surface area contributed by atoms with Crippen LogP contribution in [-0.2, 0) is 9.53 Å². The van der Waals surface area contributed by atoms with Gasteiger partial charge in [0.15, 0.2) is 0 Å². The Morgan fingerprint density at radius 1 is 1.57 bits per heavy atom. The van der Waals surface area contributed by atoms with E-state index in [9.17, 15) is 4.79 Å². The van der Waals surface area contributed by atoms with Crippen molar-refractivity contribution in [3.8, 4) is 0 Å². The Balaban J connectivity index is 2.43. The summed E-state index contributed by atoms with van der Waals surface area (Å²) in [6.45, 7) is 3.73. The SMILES string of the molecule is CCOCCN1C=CN(C)C1C(=O)O. The molecule has 0 aliphatic carbocycles. The highest BCUT2D eigenvalue weighted by Gasteiger charge is 2.29. The molecule has 1 N–H and O–H groups in total. The molecule has 0 saturated heterocycles. The van der Waals surface area contributed by atoms with Gasteiger partial charge in [0.1, 0.15) is 0 Å². The summed E-state index contributed by atoms with van der Waals surface area (Å²) in [4.78, 5) is 14.3. The minimum absolute atomic E-state index is 0.554. The van der Waals surface area contributed by atoms with Gasteiger partial charge in [-0.25, -0.2) is 4.79 Å². The summed E-state index contributed by atoms with van der Waals surface area (Å²) in [6.07, 6.45) is 2.94. The second kappa shape index (κ2) is 4.85. The van der Waals surface area contributed by atoms with Crippen LogP contribution in [0.15, 0.2) is 12.4 Å². The zero-order chi connectivity index (χ0) is 10.6. The molecular formula is C9H16N2O3. The number of aliphatic carboxylic acids is 1. The lowest BCUT2D eigenvalue weighted by Gasteiger charge is -2.26. The van der Waals surface area contributed by atoms with E-state index in [1.165, 1.54) is 0 Å². The number of nitrogens with zero attached hydrogens (tertiary/aromatic N) is 2. The monoisotopic (exact) mass is 200 g/mol. The summed E-state index contributed by atoms with van der Waals surface area (Å²) < 4.78 is 5.17. The molecule has 0 aromatic rings. The molecule has 80 valence electrons. The molecule has 1 atom stereocenters. The number of likely N-dealkylation sites (N-methyl/N-ethyl adjacent to an activating group) is 1. The van der Waals surface area contributed by atoms with Crippen molar-refractivity contribution in [1.82, 2.24) is 9.80 Å². The molecule has 0 spiro atoms. The van der Waals surface area contributed by atoms with Crippen LogP contribution in [0.5, 0.6) is 0 Å². The van der Waals surface area contributed by atoms with Crippen molar-refractivity contribution in [3.63, 3.8) is 0 Å². The van der Waals surface area contributed by atoms with E-state index in [1.54, 1.807) is 29.2 Å². The Kier molecular flexibility index (Phi) is 3.76. The van der Waals surface area contributed by atoms with Crippen LogP contribution in [0.1, 0.15) is 6.92 Å². The van der Waals surface area contributed by atoms with Gasteiger partial charge in [-0.3, -0.25) is 0 Å². The van der Waals surface area contributed by atoms with Gasteiger partial charge in [0.25, 0.3) is 0 Å². The molecule has 0 saturated carbocycles. The van der Waals surface area contributed by atoms with E-state index in [1.807, 2.05) is 6.92 Å². The average Bonchev–Trinajstić information content (AvgIpc) is 2.47. The van der Waals surface area contributed by atoms with Crippen LogP contribution in [0, 0.1) is 0 Å². The molecule has 1 aliphatic rings. The molecule has 0 radical (unpaired) electrons. The van der Waals surface area contributed by atoms with Crippen LogP contribution in [0.25, 0.3) is 0 Å². The first-order valence-electron chi connectivity index (χ1n) is 4.63. The van der Waals surface area contributed by atoms with Crippen molar-refractivity contribution in [2.75, 3.05) is 26.8 Å². The number of carbonyl (C=O) groups is 1. The number of rotatable bonds is 5. The van der Waals surface area contributed by atoms with E-state index in [-0.39, 0.29) is 0 Å². The zero-order valence-electron chi connectivity index (χ0n) is 8.51. The summed E-state index contributed by atoms with van der Waals surface area (Å²) in [5.41, 5.74) is 0. The van der Waals surface area contributed by atoms with Gasteiger partial charge in [-0.05, 0) is 6.92 Å². The topological polar surface area (TPSA) is 53.0 Å². The first kappa shape index (κ1) is 10.8. The predicted molar refractivity (Wildman–Crippen MR) is 51.5 cm³/mol. The lowest BCUT2D eigenvalue weighted by molar-refractivity contribution is -0.146. The molecule has 5 heteroatoms. The van der Waals surface area contributed by atoms with Gasteiger partial charge >= 0.3 is 5.97 Å². The highest BCUT2D eigenvalue weighted by Crippen LogP contribution is 2.13. The first-order chi connectivity index (χ1) is 6.66. The Morgan fingerprint density at radius 3 is 2.86 bits per heavy atom. The molecule has 1 aliphatic heterocycles. The van der Waals surface area contributed by atoms with Gasteiger partial charge in [-0.15, -0.1) is 0 Å².